The zero-order valence-corrected chi connectivity index (χ0v) is 12.7. The molecule has 2 rings (SSSR count). The van der Waals surface area contributed by atoms with Gasteiger partial charge in [0.05, 0.1) is 13.2 Å². The van der Waals surface area contributed by atoms with Gasteiger partial charge in [0.25, 0.3) is 0 Å². The third kappa shape index (κ3) is 4.15. The Morgan fingerprint density at radius 1 is 1.42 bits per heavy atom. The summed E-state index contributed by atoms with van der Waals surface area (Å²) < 4.78 is 5.68. The summed E-state index contributed by atoms with van der Waals surface area (Å²) >= 11 is 0. The van der Waals surface area contributed by atoms with Gasteiger partial charge in [0, 0.05) is 36.7 Å². The van der Waals surface area contributed by atoms with Crippen LogP contribution in [0, 0.1) is 5.41 Å². The first-order valence-electron chi connectivity index (χ1n) is 7.62. The number of hydrogen-bond donors (Lipinski definition) is 2. The number of ether oxygens (including phenoxy) is 1. The van der Waals surface area contributed by atoms with Crippen molar-refractivity contribution in [1.29, 1.82) is 0 Å². The third-order valence-electron chi connectivity index (χ3n) is 4.43. The molecule has 2 aliphatic rings. The molecule has 4 heteroatoms. The van der Waals surface area contributed by atoms with Gasteiger partial charge in [0.15, 0.2) is 0 Å². The Bertz CT molecular complexity index is 282. The second-order valence-electron chi connectivity index (χ2n) is 7.36. The molecule has 0 spiro atoms. The van der Waals surface area contributed by atoms with Crippen LogP contribution in [-0.4, -0.2) is 61.0 Å². The molecule has 0 amide bonds. The quantitative estimate of drug-likeness (QED) is 0.789. The molecule has 2 atom stereocenters. The first-order chi connectivity index (χ1) is 8.94. The molecule has 2 unspecified atom stereocenters. The molecule has 0 bridgehead atoms. The lowest BCUT2D eigenvalue weighted by Gasteiger charge is -2.37. The van der Waals surface area contributed by atoms with Gasteiger partial charge in [0.2, 0.25) is 0 Å². The maximum absolute atomic E-state index is 9.46. The van der Waals surface area contributed by atoms with E-state index in [9.17, 15) is 5.11 Å². The molecule has 2 heterocycles. The van der Waals surface area contributed by atoms with Crippen LogP contribution in [0.1, 0.15) is 40.0 Å². The highest BCUT2D eigenvalue weighted by Gasteiger charge is 2.39. The zero-order valence-electron chi connectivity index (χ0n) is 12.7. The molecular weight excluding hydrogens is 240 g/mol. The monoisotopic (exact) mass is 270 g/mol. The molecule has 19 heavy (non-hydrogen) atoms. The SMILES string of the molecule is CC(C)(C)NCC1(CN2CCCC2CO)CCOC1. The van der Waals surface area contributed by atoms with Crippen molar-refractivity contribution in [2.45, 2.75) is 51.6 Å². The van der Waals surface area contributed by atoms with Crippen molar-refractivity contribution in [3.8, 4) is 0 Å². The number of nitrogens with zero attached hydrogens (tertiary/aromatic N) is 1. The molecule has 0 aliphatic carbocycles. The molecule has 2 saturated heterocycles. The van der Waals surface area contributed by atoms with Crippen molar-refractivity contribution < 1.29 is 9.84 Å². The lowest BCUT2D eigenvalue weighted by atomic mass is 9.85. The highest BCUT2D eigenvalue weighted by atomic mass is 16.5. The first-order valence-corrected chi connectivity index (χ1v) is 7.62. The largest absolute Gasteiger partial charge is 0.395 e. The second-order valence-corrected chi connectivity index (χ2v) is 7.36. The molecule has 0 aromatic carbocycles. The van der Waals surface area contributed by atoms with Crippen LogP contribution in [0.25, 0.3) is 0 Å². The topological polar surface area (TPSA) is 44.7 Å². The lowest BCUT2D eigenvalue weighted by molar-refractivity contribution is 0.0792. The minimum absolute atomic E-state index is 0.150. The number of likely N-dealkylation sites (tertiary alicyclic amines) is 1. The molecule has 112 valence electrons. The van der Waals surface area contributed by atoms with Crippen LogP contribution in [0.3, 0.4) is 0 Å². The maximum Gasteiger partial charge on any atom is 0.0586 e. The van der Waals surface area contributed by atoms with E-state index in [1.807, 2.05) is 0 Å². The number of aliphatic hydroxyl groups is 1. The van der Waals surface area contributed by atoms with Crippen LogP contribution in [0.2, 0.25) is 0 Å². The minimum Gasteiger partial charge on any atom is -0.395 e. The van der Waals surface area contributed by atoms with E-state index in [2.05, 4.69) is 31.0 Å². The number of nitrogens with one attached hydrogen (secondary N) is 1. The first kappa shape index (κ1) is 15.2. The van der Waals surface area contributed by atoms with Crippen molar-refractivity contribution in [2.24, 2.45) is 5.41 Å². The van der Waals surface area contributed by atoms with Crippen molar-refractivity contribution in [3.63, 3.8) is 0 Å². The van der Waals surface area contributed by atoms with Crippen molar-refractivity contribution in [2.75, 3.05) is 39.5 Å². The summed E-state index contributed by atoms with van der Waals surface area (Å²) in [5.74, 6) is 0. The third-order valence-corrected chi connectivity index (χ3v) is 4.43. The molecule has 2 aliphatic heterocycles. The summed E-state index contributed by atoms with van der Waals surface area (Å²) in [5, 5.41) is 13.1. The van der Waals surface area contributed by atoms with Crippen LogP contribution < -0.4 is 5.32 Å². The summed E-state index contributed by atoms with van der Waals surface area (Å²) in [7, 11) is 0. The Morgan fingerprint density at radius 2 is 2.21 bits per heavy atom. The summed E-state index contributed by atoms with van der Waals surface area (Å²) in [6.07, 6.45) is 3.49. The average Bonchev–Trinajstić information content (AvgIpc) is 2.96. The number of rotatable bonds is 5. The molecule has 0 saturated carbocycles. The Labute approximate surface area is 117 Å². The van der Waals surface area contributed by atoms with Crippen LogP contribution in [-0.2, 0) is 4.74 Å². The summed E-state index contributed by atoms with van der Waals surface area (Å²) in [5.41, 5.74) is 0.377. The van der Waals surface area contributed by atoms with Crippen LogP contribution >= 0.6 is 0 Å². The molecule has 0 aromatic heterocycles. The Hall–Kier alpha value is -0.160. The van der Waals surface area contributed by atoms with Gasteiger partial charge in [-0.1, -0.05) is 0 Å². The lowest BCUT2D eigenvalue weighted by Crippen LogP contribution is -2.50. The predicted octanol–water partition coefficient (Wildman–Crippen LogP) is 1.24. The van der Waals surface area contributed by atoms with E-state index in [1.54, 1.807) is 0 Å². The van der Waals surface area contributed by atoms with Crippen molar-refractivity contribution >= 4 is 0 Å². The highest BCUT2D eigenvalue weighted by Crippen LogP contribution is 2.32. The second kappa shape index (κ2) is 6.08. The van der Waals surface area contributed by atoms with E-state index >= 15 is 0 Å². The van der Waals surface area contributed by atoms with Gasteiger partial charge in [0.1, 0.15) is 0 Å². The summed E-state index contributed by atoms with van der Waals surface area (Å²) in [6, 6.07) is 0.368. The highest BCUT2D eigenvalue weighted by molar-refractivity contribution is 4.93. The van der Waals surface area contributed by atoms with E-state index in [4.69, 9.17) is 4.74 Å². The summed E-state index contributed by atoms with van der Waals surface area (Å²) in [4.78, 5) is 2.47. The smallest absolute Gasteiger partial charge is 0.0586 e. The van der Waals surface area contributed by atoms with Gasteiger partial charge in [-0.3, -0.25) is 4.90 Å². The zero-order chi connectivity index (χ0) is 13.9. The minimum atomic E-state index is 0.150. The number of aliphatic hydroxyl groups excluding tert-OH is 1. The molecule has 4 nitrogen and oxygen atoms in total. The van der Waals surface area contributed by atoms with Crippen LogP contribution in [0.4, 0.5) is 0 Å². The normalized spacial score (nSPS) is 33.2. The Kier molecular flexibility index (Phi) is 4.88. The fourth-order valence-corrected chi connectivity index (χ4v) is 3.16. The van der Waals surface area contributed by atoms with Crippen molar-refractivity contribution in [1.82, 2.24) is 10.2 Å². The molecule has 2 N–H and O–H groups in total. The average molecular weight is 270 g/mol. The van der Waals surface area contributed by atoms with Gasteiger partial charge in [-0.15, -0.1) is 0 Å². The van der Waals surface area contributed by atoms with E-state index < -0.39 is 0 Å². The predicted molar refractivity (Wildman–Crippen MR) is 77.3 cm³/mol. The van der Waals surface area contributed by atoms with Gasteiger partial charge in [-0.2, -0.15) is 0 Å². The van der Waals surface area contributed by atoms with Gasteiger partial charge in [-0.25, -0.2) is 0 Å². The van der Waals surface area contributed by atoms with Crippen LogP contribution in [0.5, 0.6) is 0 Å². The Balaban J connectivity index is 1.95. The molecular formula is C15H30N2O2. The fraction of sp³-hybridized carbons (Fsp3) is 1.00. The maximum atomic E-state index is 9.46. The van der Waals surface area contributed by atoms with E-state index in [1.165, 1.54) is 6.42 Å². The molecule has 2 fully saturated rings. The number of hydrogen-bond acceptors (Lipinski definition) is 4. The van der Waals surface area contributed by atoms with E-state index in [0.717, 1.165) is 45.7 Å². The van der Waals surface area contributed by atoms with Crippen molar-refractivity contribution in [3.05, 3.63) is 0 Å². The van der Waals surface area contributed by atoms with E-state index in [0.29, 0.717) is 12.6 Å². The van der Waals surface area contributed by atoms with Crippen LogP contribution in [0.15, 0.2) is 0 Å². The summed E-state index contributed by atoms with van der Waals surface area (Å²) in [6.45, 7) is 11.8. The molecule has 0 aromatic rings. The standard InChI is InChI=1S/C15H30N2O2/c1-14(2,3)16-10-15(6-8-19-12-15)11-17-7-4-5-13(17)9-18/h13,16,18H,4-12H2,1-3H3. The van der Waals surface area contributed by atoms with Gasteiger partial charge >= 0.3 is 0 Å². The fourth-order valence-electron chi connectivity index (χ4n) is 3.16. The molecule has 0 radical (unpaired) electrons. The Morgan fingerprint density at radius 3 is 2.79 bits per heavy atom. The van der Waals surface area contributed by atoms with E-state index in [-0.39, 0.29) is 11.0 Å². The van der Waals surface area contributed by atoms with Gasteiger partial charge < -0.3 is 15.2 Å². The van der Waals surface area contributed by atoms with Gasteiger partial charge in [-0.05, 0) is 46.6 Å².